The van der Waals surface area contributed by atoms with Gasteiger partial charge in [-0.3, -0.25) is 9.59 Å². The van der Waals surface area contributed by atoms with Gasteiger partial charge in [-0.25, -0.2) is 13.5 Å². The van der Waals surface area contributed by atoms with Crippen molar-refractivity contribution in [2.75, 3.05) is 0 Å². The van der Waals surface area contributed by atoms with E-state index in [4.69, 9.17) is 0 Å². The summed E-state index contributed by atoms with van der Waals surface area (Å²) in [7, 11) is 0. The lowest BCUT2D eigenvalue weighted by Gasteiger charge is -2.10. The van der Waals surface area contributed by atoms with Crippen LogP contribution in [0.25, 0.3) is 10.8 Å². The number of nitrogens with zero attached hydrogens (tertiary/aromatic N) is 3. The molecule has 2 heterocycles. The molecule has 8 heteroatoms. The van der Waals surface area contributed by atoms with E-state index in [9.17, 15) is 18.4 Å². The molecular formula is C24H22F2N4O2. The number of benzene rings is 2. The Morgan fingerprint density at radius 3 is 2.47 bits per heavy atom. The third-order valence-electron chi connectivity index (χ3n) is 5.59. The van der Waals surface area contributed by atoms with Crippen LogP contribution < -0.4 is 10.9 Å². The van der Waals surface area contributed by atoms with E-state index >= 15 is 0 Å². The summed E-state index contributed by atoms with van der Waals surface area (Å²) in [5.41, 5.74) is 2.37. The number of nitrogens with one attached hydrogen (secondary N) is 1. The van der Waals surface area contributed by atoms with Crippen LogP contribution in [0.2, 0.25) is 0 Å². The number of amides is 1. The second kappa shape index (κ2) is 8.74. The molecule has 2 aromatic carbocycles. The Morgan fingerprint density at radius 2 is 1.75 bits per heavy atom. The fourth-order valence-corrected chi connectivity index (χ4v) is 3.79. The molecule has 2 aromatic heterocycles. The summed E-state index contributed by atoms with van der Waals surface area (Å²) in [6.07, 6.45) is 1.56. The molecule has 1 amide bonds. The standard InChI is InChI=1S/C24H22F2N4O2/c1-15-20-12-28-30(14-22(31)27-11-17-7-9-19(25)10-8-17)24(32)23(20)16(2)29(15)13-18-5-3-4-6-21(18)26/h3-10,12H,11,13-14H2,1-2H3,(H,27,31). The van der Waals surface area contributed by atoms with Crippen molar-refractivity contribution < 1.29 is 13.6 Å². The van der Waals surface area contributed by atoms with Gasteiger partial charge in [0, 0.05) is 28.9 Å². The van der Waals surface area contributed by atoms with Gasteiger partial charge in [0.15, 0.2) is 0 Å². The summed E-state index contributed by atoms with van der Waals surface area (Å²) in [5.74, 6) is -1.04. The smallest absolute Gasteiger partial charge is 0.276 e. The second-order valence-electron chi connectivity index (χ2n) is 7.65. The van der Waals surface area contributed by atoms with Crippen molar-refractivity contribution >= 4 is 16.7 Å². The van der Waals surface area contributed by atoms with Crippen LogP contribution in [0.3, 0.4) is 0 Å². The zero-order valence-electron chi connectivity index (χ0n) is 17.7. The molecule has 4 rings (SSSR count). The van der Waals surface area contributed by atoms with Crippen molar-refractivity contribution in [2.45, 2.75) is 33.5 Å². The Bertz CT molecular complexity index is 1360. The molecule has 0 atom stereocenters. The maximum Gasteiger partial charge on any atom is 0.276 e. The van der Waals surface area contributed by atoms with Crippen LogP contribution in [0.1, 0.15) is 22.5 Å². The summed E-state index contributed by atoms with van der Waals surface area (Å²) in [6, 6.07) is 12.3. The fourth-order valence-electron chi connectivity index (χ4n) is 3.79. The highest BCUT2D eigenvalue weighted by Gasteiger charge is 2.18. The van der Waals surface area contributed by atoms with Crippen LogP contribution in [0.4, 0.5) is 8.78 Å². The zero-order valence-corrected chi connectivity index (χ0v) is 17.7. The molecule has 1 N–H and O–H groups in total. The number of hydrogen-bond donors (Lipinski definition) is 1. The molecule has 0 saturated heterocycles. The van der Waals surface area contributed by atoms with Crippen LogP contribution >= 0.6 is 0 Å². The Labute approximate surface area is 183 Å². The van der Waals surface area contributed by atoms with Crippen molar-refractivity contribution in [3.8, 4) is 0 Å². The van der Waals surface area contributed by atoms with Gasteiger partial charge in [-0.05, 0) is 37.6 Å². The third-order valence-corrected chi connectivity index (χ3v) is 5.59. The van der Waals surface area contributed by atoms with E-state index in [1.54, 1.807) is 43.5 Å². The summed E-state index contributed by atoms with van der Waals surface area (Å²) in [4.78, 5) is 25.4. The van der Waals surface area contributed by atoms with Crippen molar-refractivity contribution in [3.63, 3.8) is 0 Å². The van der Waals surface area contributed by atoms with Gasteiger partial charge >= 0.3 is 0 Å². The average Bonchev–Trinajstić information content (AvgIpc) is 3.02. The summed E-state index contributed by atoms with van der Waals surface area (Å²) < 4.78 is 30.1. The van der Waals surface area contributed by atoms with Crippen LogP contribution in [0, 0.1) is 25.5 Å². The van der Waals surface area contributed by atoms with Gasteiger partial charge < -0.3 is 9.88 Å². The summed E-state index contributed by atoms with van der Waals surface area (Å²) in [6.45, 7) is 3.92. The zero-order chi connectivity index (χ0) is 22.8. The second-order valence-corrected chi connectivity index (χ2v) is 7.65. The van der Waals surface area contributed by atoms with Gasteiger partial charge in [0.05, 0.1) is 18.1 Å². The molecule has 6 nitrogen and oxygen atoms in total. The van der Waals surface area contributed by atoms with E-state index in [1.807, 2.05) is 11.5 Å². The summed E-state index contributed by atoms with van der Waals surface area (Å²) >= 11 is 0. The molecular weight excluding hydrogens is 414 g/mol. The first-order chi connectivity index (χ1) is 15.3. The van der Waals surface area contributed by atoms with E-state index in [0.29, 0.717) is 22.0 Å². The lowest BCUT2D eigenvalue weighted by Crippen LogP contribution is -2.33. The minimum Gasteiger partial charge on any atom is -0.350 e. The van der Waals surface area contributed by atoms with Crippen LogP contribution in [-0.4, -0.2) is 20.3 Å². The maximum absolute atomic E-state index is 14.1. The van der Waals surface area contributed by atoms with Crippen LogP contribution in [0.5, 0.6) is 0 Å². The minimum absolute atomic E-state index is 0.216. The van der Waals surface area contributed by atoms with Crippen LogP contribution in [0.15, 0.2) is 59.5 Å². The van der Waals surface area contributed by atoms with Crippen molar-refractivity contribution in [1.82, 2.24) is 19.7 Å². The van der Waals surface area contributed by atoms with Gasteiger partial charge in [0.25, 0.3) is 5.56 Å². The van der Waals surface area contributed by atoms with E-state index in [2.05, 4.69) is 10.4 Å². The van der Waals surface area contributed by atoms with E-state index in [1.165, 1.54) is 18.2 Å². The van der Waals surface area contributed by atoms with Gasteiger partial charge in [-0.2, -0.15) is 5.10 Å². The number of fused-ring (bicyclic) bond motifs is 1. The van der Waals surface area contributed by atoms with Gasteiger partial charge in [-0.1, -0.05) is 30.3 Å². The minimum atomic E-state index is -0.386. The fraction of sp³-hybridized carbons (Fsp3) is 0.208. The predicted octanol–water partition coefficient (Wildman–Crippen LogP) is 3.46. The first-order valence-electron chi connectivity index (χ1n) is 10.1. The number of carbonyl (C=O) groups is 1. The molecule has 32 heavy (non-hydrogen) atoms. The first-order valence-corrected chi connectivity index (χ1v) is 10.1. The number of carbonyl (C=O) groups excluding carboxylic acids is 1. The SMILES string of the molecule is Cc1c2cnn(CC(=O)NCc3ccc(F)cc3)c(=O)c2c(C)n1Cc1ccccc1F. The Morgan fingerprint density at radius 1 is 1.03 bits per heavy atom. The van der Waals surface area contributed by atoms with Gasteiger partial charge in [0.1, 0.15) is 18.2 Å². The number of halogens is 2. The molecule has 0 fully saturated rings. The quantitative estimate of drug-likeness (QED) is 0.503. The van der Waals surface area contributed by atoms with Crippen LogP contribution in [-0.2, 0) is 24.4 Å². The first kappa shape index (κ1) is 21.4. The highest BCUT2D eigenvalue weighted by molar-refractivity contribution is 5.87. The maximum atomic E-state index is 14.1. The van der Waals surface area contributed by atoms with Gasteiger partial charge in [-0.15, -0.1) is 0 Å². The molecule has 4 aromatic rings. The molecule has 0 saturated carbocycles. The monoisotopic (exact) mass is 436 g/mol. The number of rotatable bonds is 6. The Kier molecular flexibility index (Phi) is 5.85. The molecule has 0 aliphatic carbocycles. The summed E-state index contributed by atoms with van der Waals surface area (Å²) in [5, 5.41) is 7.99. The van der Waals surface area contributed by atoms with Crippen molar-refractivity contribution in [3.05, 3.63) is 99.2 Å². The Balaban J connectivity index is 1.57. The van der Waals surface area contributed by atoms with Crippen molar-refractivity contribution in [1.29, 1.82) is 0 Å². The normalized spacial score (nSPS) is 11.1. The van der Waals surface area contributed by atoms with Crippen molar-refractivity contribution in [2.24, 2.45) is 0 Å². The molecule has 0 unspecified atom stereocenters. The third kappa shape index (κ3) is 4.16. The average molecular weight is 436 g/mol. The van der Waals surface area contributed by atoms with Gasteiger partial charge in [0.2, 0.25) is 5.91 Å². The molecule has 164 valence electrons. The lowest BCUT2D eigenvalue weighted by atomic mass is 10.2. The topological polar surface area (TPSA) is 68.9 Å². The number of aryl methyl sites for hydroxylation is 2. The molecule has 0 aliphatic rings. The number of hydrogen-bond acceptors (Lipinski definition) is 3. The van der Waals surface area contributed by atoms with E-state index < -0.39 is 0 Å². The molecule has 0 spiro atoms. The van der Waals surface area contributed by atoms with E-state index in [-0.39, 0.29) is 42.7 Å². The van der Waals surface area contributed by atoms with E-state index in [0.717, 1.165) is 15.9 Å². The molecule has 0 bridgehead atoms. The molecule has 0 aliphatic heterocycles. The number of aromatic nitrogens is 3. The predicted molar refractivity (Wildman–Crippen MR) is 117 cm³/mol. The molecule has 0 radical (unpaired) electrons. The Hall–Kier alpha value is -3.81. The largest absolute Gasteiger partial charge is 0.350 e. The highest BCUT2D eigenvalue weighted by Crippen LogP contribution is 2.23. The highest BCUT2D eigenvalue weighted by atomic mass is 19.1. The lowest BCUT2D eigenvalue weighted by molar-refractivity contribution is -0.122.